The molecule has 0 aromatic heterocycles. The van der Waals surface area contributed by atoms with Gasteiger partial charge >= 0.3 is 0 Å². The Kier molecular flexibility index (Phi) is 7.25. The van der Waals surface area contributed by atoms with Gasteiger partial charge in [0.1, 0.15) is 24.4 Å². The smallest absolute Gasteiger partial charge is 0.190 e. The number of ether oxygens (including phenoxy) is 4. The van der Waals surface area contributed by atoms with Crippen LogP contribution in [0, 0.1) is 0 Å². The van der Waals surface area contributed by atoms with Gasteiger partial charge in [-0.25, -0.2) is 0 Å². The third kappa shape index (κ3) is 5.11. The Balaban J connectivity index is 1.80. The average Bonchev–Trinajstić information content (AvgIpc) is 2.98. The van der Waals surface area contributed by atoms with Crippen LogP contribution in [-0.2, 0) is 18.9 Å². The van der Waals surface area contributed by atoms with Crippen molar-refractivity contribution in [2.45, 2.75) is 95.8 Å². The molecule has 0 aromatic carbocycles. The summed E-state index contributed by atoms with van der Waals surface area (Å²) in [4.78, 5) is 0. The number of aliphatic hydroxyl groups is 2. The quantitative estimate of drug-likeness (QED) is 0.596. The first-order valence-corrected chi connectivity index (χ1v) is 8.90. The molecule has 2 aliphatic heterocycles. The number of hydrogen-bond donors (Lipinski definition) is 2. The topological polar surface area (TPSA) is 77.4 Å². The van der Waals surface area contributed by atoms with Gasteiger partial charge in [-0.1, -0.05) is 39.0 Å². The molecule has 2 heterocycles. The van der Waals surface area contributed by atoms with Crippen molar-refractivity contribution >= 4 is 0 Å². The Labute approximate surface area is 139 Å². The van der Waals surface area contributed by atoms with Crippen LogP contribution in [0.3, 0.4) is 0 Å². The molecule has 0 aliphatic carbocycles. The molecule has 0 radical (unpaired) electrons. The summed E-state index contributed by atoms with van der Waals surface area (Å²) in [5.41, 5.74) is 0. The van der Waals surface area contributed by atoms with Gasteiger partial charge in [0.05, 0.1) is 6.61 Å². The molecule has 6 heteroatoms. The summed E-state index contributed by atoms with van der Waals surface area (Å²) in [5, 5.41) is 19.2. The Bertz CT molecular complexity index is 348. The second-order valence-electron chi connectivity index (χ2n) is 6.92. The van der Waals surface area contributed by atoms with E-state index in [2.05, 4.69) is 6.92 Å². The van der Waals surface area contributed by atoms with Crippen molar-refractivity contribution in [3.63, 3.8) is 0 Å². The standard InChI is InChI=1S/C17H32O6/c1-4-5-6-7-8-9-10-20-14-13(12(19)11-18)21-16-15(14)22-17(2,3)23-16/h12-16,18-19H,4-11H2,1-3H3/t12-,13?,14+,15-,16-/m1/s1. The highest BCUT2D eigenvalue weighted by molar-refractivity contribution is 4.96. The van der Waals surface area contributed by atoms with E-state index in [-0.39, 0.29) is 12.7 Å². The molecule has 2 fully saturated rings. The Morgan fingerprint density at radius 2 is 1.78 bits per heavy atom. The van der Waals surface area contributed by atoms with E-state index in [1.165, 1.54) is 25.7 Å². The molecule has 136 valence electrons. The van der Waals surface area contributed by atoms with Gasteiger partial charge in [0.2, 0.25) is 0 Å². The largest absolute Gasteiger partial charge is 0.394 e. The molecule has 0 amide bonds. The lowest BCUT2D eigenvalue weighted by Crippen LogP contribution is -2.44. The highest BCUT2D eigenvalue weighted by atomic mass is 16.8. The van der Waals surface area contributed by atoms with Gasteiger partial charge in [0.25, 0.3) is 0 Å². The maximum Gasteiger partial charge on any atom is 0.190 e. The fourth-order valence-corrected chi connectivity index (χ4v) is 3.21. The maximum atomic E-state index is 9.95. The highest BCUT2D eigenvalue weighted by Crippen LogP contribution is 2.39. The van der Waals surface area contributed by atoms with Crippen molar-refractivity contribution in [2.75, 3.05) is 13.2 Å². The number of fused-ring (bicyclic) bond motifs is 1. The van der Waals surface area contributed by atoms with Crippen LogP contribution in [0.1, 0.15) is 59.3 Å². The third-order valence-electron chi connectivity index (χ3n) is 4.40. The van der Waals surface area contributed by atoms with Crippen LogP contribution in [0.15, 0.2) is 0 Å². The summed E-state index contributed by atoms with van der Waals surface area (Å²) < 4.78 is 23.2. The van der Waals surface area contributed by atoms with Gasteiger partial charge in [0, 0.05) is 6.61 Å². The van der Waals surface area contributed by atoms with Crippen molar-refractivity contribution in [3.05, 3.63) is 0 Å². The molecule has 6 nitrogen and oxygen atoms in total. The molecule has 5 atom stereocenters. The number of rotatable bonds is 10. The Morgan fingerprint density at radius 3 is 2.48 bits per heavy atom. The van der Waals surface area contributed by atoms with Crippen LogP contribution in [0.2, 0.25) is 0 Å². The van der Waals surface area contributed by atoms with Crippen LogP contribution in [0.25, 0.3) is 0 Å². The summed E-state index contributed by atoms with van der Waals surface area (Å²) in [6.07, 6.45) is 4.18. The molecular weight excluding hydrogens is 300 g/mol. The zero-order valence-corrected chi connectivity index (χ0v) is 14.6. The first-order chi connectivity index (χ1) is 11.0. The Morgan fingerprint density at radius 1 is 1.09 bits per heavy atom. The third-order valence-corrected chi connectivity index (χ3v) is 4.40. The molecule has 23 heavy (non-hydrogen) atoms. The van der Waals surface area contributed by atoms with Gasteiger partial charge in [-0.15, -0.1) is 0 Å². The van der Waals surface area contributed by atoms with Crippen molar-refractivity contribution in [1.29, 1.82) is 0 Å². The highest BCUT2D eigenvalue weighted by Gasteiger charge is 2.56. The van der Waals surface area contributed by atoms with E-state index in [1.54, 1.807) is 0 Å². The van der Waals surface area contributed by atoms with E-state index in [4.69, 9.17) is 18.9 Å². The second-order valence-corrected chi connectivity index (χ2v) is 6.92. The zero-order valence-electron chi connectivity index (χ0n) is 14.6. The molecule has 0 saturated carbocycles. The molecule has 0 aromatic rings. The van der Waals surface area contributed by atoms with Crippen molar-refractivity contribution < 1.29 is 29.2 Å². The van der Waals surface area contributed by atoms with Gasteiger partial charge in [-0.05, 0) is 20.3 Å². The predicted molar refractivity (Wildman–Crippen MR) is 84.9 cm³/mol. The van der Waals surface area contributed by atoms with E-state index in [9.17, 15) is 10.2 Å². The average molecular weight is 332 g/mol. The minimum Gasteiger partial charge on any atom is -0.394 e. The lowest BCUT2D eigenvalue weighted by molar-refractivity contribution is -0.231. The van der Waals surface area contributed by atoms with Crippen LogP contribution >= 0.6 is 0 Å². The number of hydrogen-bond acceptors (Lipinski definition) is 6. The van der Waals surface area contributed by atoms with Crippen LogP contribution in [0.4, 0.5) is 0 Å². The summed E-state index contributed by atoms with van der Waals surface area (Å²) >= 11 is 0. The van der Waals surface area contributed by atoms with Crippen molar-refractivity contribution in [1.82, 2.24) is 0 Å². The summed E-state index contributed by atoms with van der Waals surface area (Å²) in [5.74, 6) is -0.716. The molecule has 2 N–H and O–H groups in total. The summed E-state index contributed by atoms with van der Waals surface area (Å²) in [7, 11) is 0. The minimum absolute atomic E-state index is 0.365. The lowest BCUT2D eigenvalue weighted by Gasteiger charge is -2.28. The zero-order chi connectivity index (χ0) is 16.9. The molecule has 1 unspecified atom stereocenters. The fraction of sp³-hybridized carbons (Fsp3) is 1.00. The normalized spacial score (nSPS) is 33.8. The minimum atomic E-state index is -0.995. The SMILES string of the molecule is CCCCCCCCO[C@H]1C([C@H](O)CO)O[C@@H]2OC(C)(C)O[C@@H]21. The second kappa shape index (κ2) is 8.74. The Hall–Kier alpha value is -0.240. The molecule has 2 rings (SSSR count). The van der Waals surface area contributed by atoms with E-state index >= 15 is 0 Å². The maximum absolute atomic E-state index is 9.95. The van der Waals surface area contributed by atoms with Crippen LogP contribution in [0.5, 0.6) is 0 Å². The fourth-order valence-electron chi connectivity index (χ4n) is 3.21. The number of aliphatic hydroxyl groups excluding tert-OH is 2. The summed E-state index contributed by atoms with van der Waals surface area (Å²) in [6.45, 7) is 6.09. The van der Waals surface area contributed by atoms with Gasteiger partial charge in [0.15, 0.2) is 12.1 Å². The molecule has 0 spiro atoms. The van der Waals surface area contributed by atoms with Crippen LogP contribution < -0.4 is 0 Å². The molecule has 2 aliphatic rings. The predicted octanol–water partition coefficient (Wildman–Crippen LogP) is 1.96. The van der Waals surface area contributed by atoms with Crippen molar-refractivity contribution in [3.8, 4) is 0 Å². The van der Waals surface area contributed by atoms with E-state index in [0.717, 1.165) is 12.8 Å². The molecular formula is C17H32O6. The van der Waals surface area contributed by atoms with E-state index in [1.807, 2.05) is 13.8 Å². The lowest BCUT2D eigenvalue weighted by atomic mass is 10.1. The molecule has 2 saturated heterocycles. The monoisotopic (exact) mass is 332 g/mol. The number of unbranched alkanes of at least 4 members (excludes halogenated alkanes) is 5. The van der Waals surface area contributed by atoms with E-state index < -0.39 is 30.4 Å². The first-order valence-electron chi connectivity index (χ1n) is 8.90. The molecule has 0 bridgehead atoms. The van der Waals surface area contributed by atoms with Gasteiger partial charge in [-0.2, -0.15) is 0 Å². The van der Waals surface area contributed by atoms with Crippen LogP contribution in [-0.4, -0.2) is 59.9 Å². The van der Waals surface area contributed by atoms with Gasteiger partial charge < -0.3 is 29.2 Å². The summed E-state index contributed by atoms with van der Waals surface area (Å²) in [6, 6.07) is 0. The first kappa shape index (κ1) is 19.1. The van der Waals surface area contributed by atoms with Crippen molar-refractivity contribution in [2.24, 2.45) is 0 Å². The van der Waals surface area contributed by atoms with E-state index in [0.29, 0.717) is 6.61 Å². The van der Waals surface area contributed by atoms with Gasteiger partial charge in [-0.3, -0.25) is 0 Å².